The smallest absolute Gasteiger partial charge is 0.257 e. The van der Waals surface area contributed by atoms with E-state index in [4.69, 9.17) is 0 Å². The highest BCUT2D eigenvalue weighted by Crippen LogP contribution is 2.31. The normalized spacial score (nSPS) is 22.8. The van der Waals surface area contributed by atoms with Crippen LogP contribution in [-0.2, 0) is 4.79 Å². The number of carbonyl (C=O) groups excluding carboxylic acids is 2. The Kier molecular flexibility index (Phi) is 3.91. The number of aromatic nitrogens is 3. The molecule has 2 aromatic rings. The molecule has 0 aromatic carbocycles. The second-order valence-corrected chi connectivity index (χ2v) is 6.59. The van der Waals surface area contributed by atoms with Crippen molar-refractivity contribution in [3.63, 3.8) is 0 Å². The molecule has 0 aliphatic carbocycles. The van der Waals surface area contributed by atoms with Crippen molar-refractivity contribution in [1.82, 2.24) is 24.8 Å². The zero-order valence-corrected chi connectivity index (χ0v) is 14.0. The van der Waals surface area contributed by atoms with Crippen LogP contribution >= 0.6 is 0 Å². The number of fused-ring (bicyclic) bond motifs is 1. The minimum atomic E-state index is -0.0759. The first-order valence-electron chi connectivity index (χ1n) is 8.42. The Morgan fingerprint density at radius 3 is 2.72 bits per heavy atom. The standard InChI is InChI=1S/C18H19N5O2/c1-22-15-5-7-23(11-12(15)8-16(22)24)18(25)13-9-20-17(21-10-13)14-4-2-3-6-19-14/h2-4,6,9-10,12,15H,5,7-8,11H2,1H3/t12-,15+/m1/s1. The molecule has 4 rings (SSSR count). The van der Waals surface area contributed by atoms with Crippen molar-refractivity contribution in [3.05, 3.63) is 42.4 Å². The van der Waals surface area contributed by atoms with Crippen LogP contribution in [-0.4, -0.2) is 62.7 Å². The molecule has 2 fully saturated rings. The number of rotatable bonds is 2. The first-order chi connectivity index (χ1) is 12.1. The molecule has 0 spiro atoms. The van der Waals surface area contributed by atoms with Crippen molar-refractivity contribution in [2.45, 2.75) is 18.9 Å². The maximum Gasteiger partial charge on any atom is 0.257 e. The minimum absolute atomic E-state index is 0.0759. The molecule has 0 N–H and O–H groups in total. The van der Waals surface area contributed by atoms with E-state index in [0.717, 1.165) is 6.42 Å². The van der Waals surface area contributed by atoms with E-state index >= 15 is 0 Å². The molecule has 0 saturated carbocycles. The van der Waals surface area contributed by atoms with Gasteiger partial charge in [-0.3, -0.25) is 14.6 Å². The molecule has 0 radical (unpaired) electrons. The van der Waals surface area contributed by atoms with Crippen LogP contribution in [0.4, 0.5) is 0 Å². The van der Waals surface area contributed by atoms with Crippen LogP contribution in [0.2, 0.25) is 0 Å². The van der Waals surface area contributed by atoms with Crippen molar-refractivity contribution in [2.24, 2.45) is 5.92 Å². The summed E-state index contributed by atoms with van der Waals surface area (Å²) in [6.45, 7) is 1.27. The van der Waals surface area contributed by atoms with Gasteiger partial charge in [0.2, 0.25) is 5.91 Å². The maximum atomic E-state index is 12.7. The molecular formula is C18H19N5O2. The number of nitrogens with zero attached hydrogens (tertiary/aromatic N) is 5. The maximum absolute atomic E-state index is 12.7. The summed E-state index contributed by atoms with van der Waals surface area (Å²) in [5, 5.41) is 0. The van der Waals surface area contributed by atoms with Gasteiger partial charge in [0.05, 0.1) is 5.56 Å². The van der Waals surface area contributed by atoms with Crippen LogP contribution in [0.5, 0.6) is 0 Å². The lowest BCUT2D eigenvalue weighted by Gasteiger charge is -2.36. The van der Waals surface area contributed by atoms with Crippen molar-refractivity contribution < 1.29 is 9.59 Å². The molecular weight excluding hydrogens is 318 g/mol. The van der Waals surface area contributed by atoms with Gasteiger partial charge in [0, 0.05) is 57.1 Å². The lowest BCUT2D eigenvalue weighted by Crippen LogP contribution is -2.47. The van der Waals surface area contributed by atoms with Gasteiger partial charge in [0.15, 0.2) is 5.82 Å². The fourth-order valence-electron chi connectivity index (χ4n) is 3.72. The van der Waals surface area contributed by atoms with Gasteiger partial charge in [0.25, 0.3) is 5.91 Å². The highest BCUT2D eigenvalue weighted by molar-refractivity contribution is 5.94. The predicted molar refractivity (Wildman–Crippen MR) is 90.4 cm³/mol. The highest BCUT2D eigenvalue weighted by Gasteiger charge is 2.42. The minimum Gasteiger partial charge on any atom is -0.342 e. The molecule has 2 atom stereocenters. The third-order valence-electron chi connectivity index (χ3n) is 5.10. The largest absolute Gasteiger partial charge is 0.342 e. The Morgan fingerprint density at radius 1 is 1.20 bits per heavy atom. The van der Waals surface area contributed by atoms with E-state index in [-0.39, 0.29) is 23.8 Å². The summed E-state index contributed by atoms with van der Waals surface area (Å²) in [6.07, 6.45) is 6.14. The molecule has 2 amide bonds. The number of amides is 2. The van der Waals surface area contributed by atoms with Gasteiger partial charge in [-0.15, -0.1) is 0 Å². The Balaban J connectivity index is 1.47. The summed E-state index contributed by atoms with van der Waals surface area (Å²) in [5.41, 5.74) is 1.14. The van der Waals surface area contributed by atoms with Crippen molar-refractivity contribution >= 4 is 11.8 Å². The fourth-order valence-corrected chi connectivity index (χ4v) is 3.72. The molecule has 2 aromatic heterocycles. The summed E-state index contributed by atoms with van der Waals surface area (Å²) in [5.74, 6) is 0.822. The first kappa shape index (κ1) is 15.7. The van der Waals surface area contributed by atoms with Crippen LogP contribution in [0.3, 0.4) is 0 Å². The van der Waals surface area contributed by atoms with Crippen LogP contribution < -0.4 is 0 Å². The van der Waals surface area contributed by atoms with Gasteiger partial charge in [-0.2, -0.15) is 0 Å². The quantitative estimate of drug-likeness (QED) is 0.823. The van der Waals surface area contributed by atoms with E-state index in [1.165, 1.54) is 0 Å². The Bertz CT molecular complexity index is 793. The molecule has 25 heavy (non-hydrogen) atoms. The van der Waals surface area contributed by atoms with E-state index in [0.29, 0.717) is 36.6 Å². The highest BCUT2D eigenvalue weighted by atomic mass is 16.2. The van der Waals surface area contributed by atoms with Crippen LogP contribution in [0.25, 0.3) is 11.5 Å². The molecule has 0 unspecified atom stereocenters. The van der Waals surface area contributed by atoms with Gasteiger partial charge in [-0.05, 0) is 18.6 Å². The second-order valence-electron chi connectivity index (χ2n) is 6.59. The van der Waals surface area contributed by atoms with Gasteiger partial charge in [-0.1, -0.05) is 6.07 Å². The molecule has 7 heteroatoms. The molecule has 4 heterocycles. The van der Waals surface area contributed by atoms with E-state index in [9.17, 15) is 9.59 Å². The van der Waals surface area contributed by atoms with E-state index < -0.39 is 0 Å². The second kappa shape index (κ2) is 6.23. The Hall–Kier alpha value is -2.83. The van der Waals surface area contributed by atoms with Crippen LogP contribution in [0, 0.1) is 5.92 Å². The zero-order chi connectivity index (χ0) is 17.4. The molecule has 0 bridgehead atoms. The Labute approximate surface area is 145 Å². The number of hydrogen-bond acceptors (Lipinski definition) is 5. The SMILES string of the molecule is CN1C(=O)C[C@@H]2CN(C(=O)c3cnc(-c4ccccn4)nc3)CC[C@@H]21. The van der Waals surface area contributed by atoms with E-state index in [1.54, 1.807) is 18.6 Å². The summed E-state index contributed by atoms with van der Waals surface area (Å²) in [7, 11) is 1.86. The van der Waals surface area contributed by atoms with Gasteiger partial charge >= 0.3 is 0 Å². The average Bonchev–Trinajstić information content (AvgIpc) is 2.95. The molecule has 128 valence electrons. The lowest BCUT2D eigenvalue weighted by atomic mass is 9.92. The third-order valence-corrected chi connectivity index (χ3v) is 5.10. The van der Waals surface area contributed by atoms with Crippen molar-refractivity contribution in [3.8, 4) is 11.5 Å². The lowest BCUT2D eigenvalue weighted by molar-refractivity contribution is -0.127. The van der Waals surface area contributed by atoms with Crippen molar-refractivity contribution in [1.29, 1.82) is 0 Å². The summed E-state index contributed by atoms with van der Waals surface area (Å²) < 4.78 is 0. The van der Waals surface area contributed by atoms with Crippen LogP contribution in [0.1, 0.15) is 23.2 Å². The monoisotopic (exact) mass is 337 g/mol. The number of likely N-dealkylation sites (tertiary alicyclic amines) is 2. The number of hydrogen-bond donors (Lipinski definition) is 0. The molecule has 2 aliphatic heterocycles. The fraction of sp³-hybridized carbons (Fsp3) is 0.389. The number of carbonyl (C=O) groups is 2. The van der Waals surface area contributed by atoms with Gasteiger partial charge < -0.3 is 9.80 Å². The van der Waals surface area contributed by atoms with E-state index in [1.807, 2.05) is 35.0 Å². The van der Waals surface area contributed by atoms with Crippen LogP contribution in [0.15, 0.2) is 36.8 Å². The van der Waals surface area contributed by atoms with E-state index in [2.05, 4.69) is 15.0 Å². The van der Waals surface area contributed by atoms with Crippen molar-refractivity contribution in [2.75, 3.05) is 20.1 Å². The van der Waals surface area contributed by atoms with Gasteiger partial charge in [0.1, 0.15) is 5.69 Å². The molecule has 7 nitrogen and oxygen atoms in total. The summed E-state index contributed by atoms with van der Waals surface area (Å²) in [6, 6.07) is 5.79. The summed E-state index contributed by atoms with van der Waals surface area (Å²) in [4.78, 5) is 41.0. The number of pyridine rings is 1. The average molecular weight is 337 g/mol. The predicted octanol–water partition coefficient (Wildman–Crippen LogP) is 1.23. The zero-order valence-electron chi connectivity index (χ0n) is 14.0. The first-order valence-corrected chi connectivity index (χ1v) is 8.42. The van der Waals surface area contributed by atoms with Gasteiger partial charge in [-0.25, -0.2) is 9.97 Å². The third kappa shape index (κ3) is 2.86. The topological polar surface area (TPSA) is 79.3 Å². The summed E-state index contributed by atoms with van der Waals surface area (Å²) >= 11 is 0. The molecule has 2 aliphatic rings. The Morgan fingerprint density at radius 2 is 2.00 bits per heavy atom. The molecule has 2 saturated heterocycles. The number of piperidine rings is 1.